The molecule has 2 aromatic carbocycles. The van der Waals surface area contributed by atoms with Crippen LogP contribution in [0, 0.1) is 0 Å². The predicted octanol–water partition coefficient (Wildman–Crippen LogP) is 3.67. The van der Waals surface area contributed by atoms with Crippen LogP contribution >= 0.6 is 0 Å². The number of hydrogen-bond acceptors (Lipinski definition) is 4. The number of nitrogens with zero attached hydrogens (tertiary/aromatic N) is 3. The van der Waals surface area contributed by atoms with E-state index >= 15 is 0 Å². The summed E-state index contributed by atoms with van der Waals surface area (Å²) in [7, 11) is 1.67. The van der Waals surface area contributed by atoms with Crippen LogP contribution in [0.4, 0.5) is 0 Å². The molecule has 2 heterocycles. The third-order valence-electron chi connectivity index (χ3n) is 5.22. The van der Waals surface area contributed by atoms with E-state index in [1.54, 1.807) is 13.3 Å². The fourth-order valence-corrected chi connectivity index (χ4v) is 3.62. The lowest BCUT2D eigenvalue weighted by atomic mass is 10.1. The number of hydrogen-bond donors (Lipinski definition) is 0. The van der Waals surface area contributed by atoms with E-state index in [1.807, 2.05) is 59.5 Å². The minimum Gasteiger partial charge on any atom is -0.496 e. The SMILES string of the molecule is C=C(c1ccccc1OC)N1CCN(C(=O)c2ccc3ncccc3c2)CC1. The second-order valence-electron chi connectivity index (χ2n) is 6.84. The third kappa shape index (κ3) is 3.43. The van der Waals surface area contributed by atoms with Gasteiger partial charge in [0.05, 0.1) is 12.6 Å². The highest BCUT2D eigenvalue weighted by Gasteiger charge is 2.24. The Kier molecular flexibility index (Phi) is 4.98. The Morgan fingerprint density at radius 3 is 2.54 bits per heavy atom. The molecular formula is C23H23N3O2. The normalized spacial score (nSPS) is 14.2. The van der Waals surface area contributed by atoms with Crippen molar-refractivity contribution in [1.82, 2.24) is 14.8 Å². The number of carbonyl (C=O) groups is 1. The lowest BCUT2D eigenvalue weighted by Crippen LogP contribution is -2.47. The van der Waals surface area contributed by atoms with Gasteiger partial charge in [-0.05, 0) is 36.4 Å². The number of rotatable bonds is 4. The van der Waals surface area contributed by atoms with E-state index in [-0.39, 0.29) is 5.91 Å². The molecular weight excluding hydrogens is 350 g/mol. The van der Waals surface area contributed by atoms with Crippen LogP contribution in [0.1, 0.15) is 15.9 Å². The van der Waals surface area contributed by atoms with Crippen molar-refractivity contribution in [2.45, 2.75) is 0 Å². The zero-order valence-corrected chi connectivity index (χ0v) is 16.0. The number of fused-ring (bicyclic) bond motifs is 1. The van der Waals surface area contributed by atoms with Gasteiger partial charge >= 0.3 is 0 Å². The average molecular weight is 373 g/mol. The molecule has 142 valence electrons. The number of benzene rings is 2. The van der Waals surface area contributed by atoms with E-state index in [0.29, 0.717) is 18.7 Å². The van der Waals surface area contributed by atoms with Crippen LogP contribution in [0.2, 0.25) is 0 Å². The molecule has 3 aromatic rings. The molecule has 4 rings (SSSR count). The van der Waals surface area contributed by atoms with E-state index in [1.165, 1.54) is 0 Å². The fraction of sp³-hybridized carbons (Fsp3) is 0.217. The Labute approximate surface area is 164 Å². The van der Waals surface area contributed by atoms with Crippen molar-refractivity contribution in [3.05, 3.63) is 78.5 Å². The van der Waals surface area contributed by atoms with Crippen molar-refractivity contribution in [2.24, 2.45) is 0 Å². The number of pyridine rings is 1. The van der Waals surface area contributed by atoms with Crippen LogP contribution < -0.4 is 4.74 Å². The summed E-state index contributed by atoms with van der Waals surface area (Å²) in [5, 5.41) is 0.983. The number of carbonyl (C=O) groups excluding carboxylic acids is 1. The fourth-order valence-electron chi connectivity index (χ4n) is 3.62. The van der Waals surface area contributed by atoms with Gasteiger partial charge in [-0.3, -0.25) is 9.78 Å². The first-order valence-electron chi connectivity index (χ1n) is 9.38. The van der Waals surface area contributed by atoms with Crippen LogP contribution in [-0.4, -0.2) is 54.0 Å². The van der Waals surface area contributed by atoms with Crippen LogP contribution in [0.15, 0.2) is 67.4 Å². The van der Waals surface area contributed by atoms with Crippen molar-refractivity contribution in [3.8, 4) is 5.75 Å². The van der Waals surface area contributed by atoms with Crippen molar-refractivity contribution < 1.29 is 9.53 Å². The molecule has 0 radical (unpaired) electrons. The molecule has 1 aliphatic heterocycles. The Balaban J connectivity index is 1.44. The number of methoxy groups -OCH3 is 1. The maximum Gasteiger partial charge on any atom is 0.253 e. The third-order valence-corrected chi connectivity index (χ3v) is 5.22. The summed E-state index contributed by atoms with van der Waals surface area (Å²) in [6.45, 7) is 7.08. The van der Waals surface area contributed by atoms with Gasteiger partial charge in [0.15, 0.2) is 0 Å². The first-order valence-corrected chi connectivity index (χ1v) is 9.38. The monoisotopic (exact) mass is 373 g/mol. The summed E-state index contributed by atoms with van der Waals surface area (Å²) in [6.07, 6.45) is 1.76. The summed E-state index contributed by atoms with van der Waals surface area (Å²) >= 11 is 0. The summed E-state index contributed by atoms with van der Waals surface area (Å²) in [4.78, 5) is 21.4. The molecule has 0 aliphatic carbocycles. The van der Waals surface area contributed by atoms with Crippen molar-refractivity contribution in [3.63, 3.8) is 0 Å². The lowest BCUT2D eigenvalue weighted by molar-refractivity contribution is 0.0686. The van der Waals surface area contributed by atoms with Gasteiger partial charge < -0.3 is 14.5 Å². The van der Waals surface area contributed by atoms with E-state index in [9.17, 15) is 4.79 Å². The quantitative estimate of drug-likeness (QED) is 0.700. The number of para-hydroxylation sites is 1. The van der Waals surface area contributed by atoms with Crippen LogP contribution in [0.25, 0.3) is 16.6 Å². The smallest absolute Gasteiger partial charge is 0.253 e. The van der Waals surface area contributed by atoms with Gasteiger partial charge in [0.1, 0.15) is 5.75 Å². The Bertz CT molecular complexity index is 1020. The second-order valence-corrected chi connectivity index (χ2v) is 6.84. The van der Waals surface area contributed by atoms with E-state index in [0.717, 1.165) is 41.0 Å². The van der Waals surface area contributed by atoms with Gasteiger partial charge in [-0.25, -0.2) is 0 Å². The van der Waals surface area contributed by atoms with Gasteiger partial charge in [0, 0.05) is 54.6 Å². The minimum absolute atomic E-state index is 0.0632. The molecule has 1 aromatic heterocycles. The Morgan fingerprint density at radius 2 is 1.75 bits per heavy atom. The summed E-state index contributed by atoms with van der Waals surface area (Å²) in [6, 6.07) is 17.4. The largest absolute Gasteiger partial charge is 0.496 e. The van der Waals surface area contributed by atoms with Crippen LogP contribution in [0.5, 0.6) is 5.75 Å². The molecule has 1 fully saturated rings. The molecule has 0 unspecified atom stereocenters. The maximum atomic E-state index is 12.9. The van der Waals surface area contributed by atoms with Gasteiger partial charge in [-0.1, -0.05) is 24.8 Å². The summed E-state index contributed by atoms with van der Waals surface area (Å²) in [5.41, 5.74) is 3.53. The van der Waals surface area contributed by atoms with E-state index in [4.69, 9.17) is 4.74 Å². The molecule has 5 nitrogen and oxygen atoms in total. The van der Waals surface area contributed by atoms with Crippen LogP contribution in [0.3, 0.4) is 0 Å². The molecule has 1 amide bonds. The van der Waals surface area contributed by atoms with Crippen molar-refractivity contribution in [1.29, 1.82) is 0 Å². The molecule has 0 bridgehead atoms. The van der Waals surface area contributed by atoms with Crippen molar-refractivity contribution in [2.75, 3.05) is 33.3 Å². The molecule has 0 saturated carbocycles. The highest BCUT2D eigenvalue weighted by molar-refractivity contribution is 5.98. The summed E-state index contributed by atoms with van der Waals surface area (Å²) in [5.74, 6) is 0.879. The Hall–Kier alpha value is -3.34. The van der Waals surface area contributed by atoms with Gasteiger partial charge in [0.2, 0.25) is 0 Å². The Morgan fingerprint density at radius 1 is 1.00 bits per heavy atom. The number of ether oxygens (including phenoxy) is 1. The van der Waals surface area contributed by atoms with Gasteiger partial charge in [-0.15, -0.1) is 0 Å². The standard InChI is InChI=1S/C23H23N3O2/c1-17(20-7-3-4-8-22(20)28-2)25-12-14-26(15-13-25)23(27)19-9-10-21-18(16-19)6-5-11-24-21/h3-11,16H,1,12-15H2,2H3. The zero-order valence-electron chi connectivity index (χ0n) is 16.0. The van der Waals surface area contributed by atoms with Gasteiger partial charge in [-0.2, -0.15) is 0 Å². The molecule has 0 N–H and O–H groups in total. The van der Waals surface area contributed by atoms with Crippen molar-refractivity contribution >= 4 is 22.5 Å². The first-order chi connectivity index (χ1) is 13.7. The number of amides is 1. The second kappa shape index (κ2) is 7.72. The molecule has 1 saturated heterocycles. The van der Waals surface area contributed by atoms with Gasteiger partial charge in [0.25, 0.3) is 5.91 Å². The topological polar surface area (TPSA) is 45.7 Å². The highest BCUT2D eigenvalue weighted by Crippen LogP contribution is 2.28. The number of piperazine rings is 1. The molecule has 28 heavy (non-hydrogen) atoms. The maximum absolute atomic E-state index is 12.9. The molecule has 1 aliphatic rings. The summed E-state index contributed by atoms with van der Waals surface area (Å²) < 4.78 is 5.45. The van der Waals surface area contributed by atoms with E-state index < -0.39 is 0 Å². The minimum atomic E-state index is 0.0632. The average Bonchev–Trinajstić information content (AvgIpc) is 2.77. The predicted molar refractivity (Wildman–Crippen MR) is 111 cm³/mol. The molecule has 0 atom stereocenters. The number of aromatic nitrogens is 1. The highest BCUT2D eigenvalue weighted by atomic mass is 16.5. The lowest BCUT2D eigenvalue weighted by Gasteiger charge is -2.37. The zero-order chi connectivity index (χ0) is 19.5. The van der Waals surface area contributed by atoms with Crippen LogP contribution in [-0.2, 0) is 0 Å². The first kappa shape index (κ1) is 18.0. The molecule has 5 heteroatoms. The molecule has 0 spiro atoms. The van der Waals surface area contributed by atoms with E-state index in [2.05, 4.69) is 16.5 Å².